The van der Waals surface area contributed by atoms with Gasteiger partial charge < -0.3 is 15.3 Å². The number of aliphatic carboxylic acids is 1. The van der Waals surface area contributed by atoms with Crippen LogP contribution in [0, 0.1) is 51.2 Å². The number of aliphatic hydroxyl groups excluding tert-OH is 1. The summed E-state index contributed by atoms with van der Waals surface area (Å²) in [6, 6.07) is 0. The molecule has 0 aromatic heterocycles. The van der Waals surface area contributed by atoms with E-state index in [1.54, 1.807) is 0 Å². The maximum absolute atomic E-state index is 12.7. The summed E-state index contributed by atoms with van der Waals surface area (Å²) in [4.78, 5) is 12.7. The lowest BCUT2D eigenvalue weighted by molar-refractivity contribution is -0.194. The highest BCUT2D eigenvalue weighted by atomic mass is 16.4. The molecule has 5 rings (SSSR count). The maximum atomic E-state index is 12.7. The van der Waals surface area contributed by atoms with Crippen molar-refractivity contribution in [2.45, 2.75) is 111 Å². The van der Waals surface area contributed by atoms with Gasteiger partial charge in [-0.05, 0) is 105 Å². The molecule has 0 heterocycles. The van der Waals surface area contributed by atoms with Crippen LogP contribution in [0.3, 0.4) is 0 Å². The van der Waals surface area contributed by atoms with E-state index in [1.807, 2.05) is 6.92 Å². The van der Waals surface area contributed by atoms with Crippen LogP contribution in [-0.4, -0.2) is 33.0 Å². The smallest absolute Gasteiger partial charge is 0.310 e. The first kappa shape index (κ1) is 23.9. The van der Waals surface area contributed by atoms with Crippen LogP contribution in [0.25, 0.3) is 0 Å². The molecule has 4 fully saturated rings. The lowest BCUT2D eigenvalue weighted by Crippen LogP contribution is -2.63. The van der Waals surface area contributed by atoms with Gasteiger partial charge in [-0.25, -0.2) is 0 Å². The average molecular weight is 459 g/mol. The lowest BCUT2D eigenvalue weighted by Gasteiger charge is -2.68. The van der Waals surface area contributed by atoms with E-state index in [4.69, 9.17) is 0 Å². The van der Waals surface area contributed by atoms with E-state index in [0.717, 1.165) is 44.9 Å². The summed E-state index contributed by atoms with van der Waals surface area (Å²) in [5.41, 5.74) is 0.166. The number of carbonyl (C=O) groups is 1. The zero-order valence-corrected chi connectivity index (χ0v) is 21.7. The van der Waals surface area contributed by atoms with Crippen molar-refractivity contribution in [2.75, 3.05) is 0 Å². The van der Waals surface area contributed by atoms with Gasteiger partial charge in [0.25, 0.3) is 0 Å². The number of carboxylic acid groups (broad SMARTS) is 1. The van der Waals surface area contributed by atoms with Gasteiger partial charge in [0.15, 0.2) is 0 Å². The minimum absolute atomic E-state index is 0.0489. The quantitative estimate of drug-likeness (QED) is 0.433. The number of carboxylic acids is 1. The molecule has 0 aliphatic heterocycles. The minimum atomic E-state index is -0.808. The van der Waals surface area contributed by atoms with Crippen molar-refractivity contribution in [1.29, 1.82) is 0 Å². The van der Waals surface area contributed by atoms with Gasteiger partial charge in [-0.2, -0.15) is 0 Å². The predicted molar refractivity (Wildman–Crippen MR) is 129 cm³/mol. The Kier molecular flexibility index (Phi) is 5.13. The Hall–Kier alpha value is -0.870. The summed E-state index contributed by atoms with van der Waals surface area (Å²) in [6.45, 7) is 13.6. The highest BCUT2D eigenvalue weighted by molar-refractivity contribution is 5.76. The van der Waals surface area contributed by atoms with Crippen molar-refractivity contribution in [3.05, 3.63) is 11.6 Å². The first-order valence-corrected chi connectivity index (χ1v) is 13.6. The molecule has 0 aromatic carbocycles. The second-order valence-electron chi connectivity index (χ2n) is 14.1. The summed E-state index contributed by atoms with van der Waals surface area (Å²) in [5, 5.41) is 32.5. The largest absolute Gasteiger partial charge is 0.481 e. The van der Waals surface area contributed by atoms with Gasteiger partial charge in [-0.15, -0.1) is 0 Å². The van der Waals surface area contributed by atoms with E-state index in [1.165, 1.54) is 5.57 Å². The molecular weight excluding hydrogens is 412 g/mol. The van der Waals surface area contributed by atoms with E-state index in [9.17, 15) is 20.1 Å². The highest BCUT2D eigenvalue weighted by Crippen LogP contribution is 2.72. The summed E-state index contributed by atoms with van der Waals surface area (Å²) in [6.07, 6.45) is 10.4. The number of rotatable bonds is 1. The Balaban J connectivity index is 1.58. The second kappa shape index (κ2) is 7.09. The summed E-state index contributed by atoms with van der Waals surface area (Å²) < 4.78 is 0. The zero-order chi connectivity index (χ0) is 24.2. The Labute approximate surface area is 200 Å². The van der Waals surface area contributed by atoms with E-state index >= 15 is 0 Å². The Morgan fingerprint density at radius 3 is 2.24 bits per heavy atom. The molecular formula is C29H46O4. The lowest BCUT2D eigenvalue weighted by atomic mass is 9.36. The SMILES string of the molecule is C[C@@H]1[C@H]2C3=CCC4[C@@](C)(CCC5C(C)(C)[C@@H](O)CC[C@@]54C)C3CC[C@@]2(C(=O)O)CC[C@]1(C)O. The van der Waals surface area contributed by atoms with Crippen LogP contribution in [0.4, 0.5) is 0 Å². The van der Waals surface area contributed by atoms with E-state index in [0.29, 0.717) is 30.6 Å². The normalized spacial score (nSPS) is 55.3. The van der Waals surface area contributed by atoms with E-state index < -0.39 is 17.0 Å². The van der Waals surface area contributed by atoms with Crippen LogP contribution in [0.5, 0.6) is 0 Å². The Morgan fingerprint density at radius 1 is 0.909 bits per heavy atom. The predicted octanol–water partition coefficient (Wildman–Crippen LogP) is 5.81. The van der Waals surface area contributed by atoms with Crippen LogP contribution in [0.15, 0.2) is 11.6 Å². The van der Waals surface area contributed by atoms with Gasteiger partial charge in [0.2, 0.25) is 0 Å². The molecule has 4 nitrogen and oxygen atoms in total. The van der Waals surface area contributed by atoms with Gasteiger partial charge >= 0.3 is 5.97 Å². The number of hydrogen-bond donors (Lipinski definition) is 3. The van der Waals surface area contributed by atoms with E-state index in [2.05, 4.69) is 40.7 Å². The first-order valence-electron chi connectivity index (χ1n) is 13.6. The summed E-state index contributed by atoms with van der Waals surface area (Å²) in [5.74, 6) is 0.745. The van der Waals surface area contributed by atoms with Crippen molar-refractivity contribution < 1.29 is 20.1 Å². The van der Waals surface area contributed by atoms with Crippen molar-refractivity contribution >= 4 is 5.97 Å². The fourth-order valence-corrected chi connectivity index (χ4v) is 10.5. The van der Waals surface area contributed by atoms with Crippen LogP contribution in [0.1, 0.15) is 99.3 Å². The monoisotopic (exact) mass is 458 g/mol. The first-order chi connectivity index (χ1) is 15.2. The maximum Gasteiger partial charge on any atom is 0.310 e. The van der Waals surface area contributed by atoms with Crippen molar-refractivity contribution in [3.8, 4) is 0 Å². The van der Waals surface area contributed by atoms with Crippen LogP contribution >= 0.6 is 0 Å². The molecule has 3 N–H and O–H groups in total. The Morgan fingerprint density at radius 2 is 1.58 bits per heavy atom. The van der Waals surface area contributed by atoms with Crippen LogP contribution < -0.4 is 0 Å². The molecule has 4 saturated carbocycles. The van der Waals surface area contributed by atoms with Crippen LogP contribution in [-0.2, 0) is 4.79 Å². The third-order valence-electron chi connectivity index (χ3n) is 12.7. The summed E-state index contributed by atoms with van der Waals surface area (Å²) >= 11 is 0. The Bertz CT molecular complexity index is 873. The molecule has 33 heavy (non-hydrogen) atoms. The molecule has 4 heteroatoms. The molecule has 0 radical (unpaired) electrons. The fourth-order valence-electron chi connectivity index (χ4n) is 10.5. The highest BCUT2D eigenvalue weighted by Gasteiger charge is 2.67. The third-order valence-corrected chi connectivity index (χ3v) is 12.7. The third kappa shape index (κ3) is 2.92. The molecule has 3 unspecified atom stereocenters. The molecule has 0 bridgehead atoms. The fraction of sp³-hybridized carbons (Fsp3) is 0.897. The molecule has 0 saturated heterocycles. The molecule has 5 aliphatic carbocycles. The number of aliphatic hydroxyl groups is 2. The van der Waals surface area contributed by atoms with Crippen molar-refractivity contribution in [2.24, 2.45) is 51.2 Å². The zero-order valence-electron chi connectivity index (χ0n) is 21.7. The second-order valence-corrected chi connectivity index (χ2v) is 14.1. The van der Waals surface area contributed by atoms with Gasteiger partial charge in [-0.1, -0.05) is 46.3 Å². The van der Waals surface area contributed by atoms with E-state index in [-0.39, 0.29) is 34.2 Å². The molecule has 10 atom stereocenters. The van der Waals surface area contributed by atoms with Crippen molar-refractivity contribution in [3.63, 3.8) is 0 Å². The van der Waals surface area contributed by atoms with Gasteiger partial charge in [-0.3, -0.25) is 4.79 Å². The average Bonchev–Trinajstić information content (AvgIpc) is 2.73. The number of hydrogen-bond acceptors (Lipinski definition) is 3. The minimum Gasteiger partial charge on any atom is -0.481 e. The molecule has 5 aliphatic rings. The van der Waals surface area contributed by atoms with Crippen LogP contribution in [0.2, 0.25) is 0 Å². The molecule has 0 amide bonds. The van der Waals surface area contributed by atoms with Crippen molar-refractivity contribution in [1.82, 2.24) is 0 Å². The van der Waals surface area contributed by atoms with Gasteiger partial charge in [0, 0.05) is 5.92 Å². The molecule has 186 valence electrons. The summed E-state index contributed by atoms with van der Waals surface area (Å²) in [7, 11) is 0. The number of fused-ring (bicyclic) bond motifs is 7. The molecule has 0 aromatic rings. The van der Waals surface area contributed by atoms with Gasteiger partial charge in [0.1, 0.15) is 0 Å². The standard InChI is InChI=1S/C29H46O4/c1-17-23-18-7-8-21-26(4,12-10-20-25(2,3)22(30)11-13-27(20,21)5)19(18)9-14-29(23,24(31)32)16-15-28(17,6)33/h7,17,19-23,30,33H,8-16H2,1-6H3,(H,31,32)/t17-,19?,20?,21?,22+,23+,26+,27+,28+,29-/m1/s1. The molecule has 0 spiro atoms. The topological polar surface area (TPSA) is 77.8 Å². The van der Waals surface area contributed by atoms with Gasteiger partial charge in [0.05, 0.1) is 17.1 Å². The number of allylic oxidation sites excluding steroid dienone is 2.